The number of hydrogen-bond acceptors (Lipinski definition) is 7. The maximum Gasteiger partial charge on any atom is 0.132 e. The van der Waals surface area contributed by atoms with E-state index in [1.54, 1.807) is 0 Å². The van der Waals surface area contributed by atoms with E-state index in [9.17, 15) is 15.3 Å². The largest absolute Gasteiger partial charge is 0.394 e. The molecule has 1 aliphatic heterocycles. The Morgan fingerprint density at radius 2 is 1.79 bits per heavy atom. The Kier molecular flexibility index (Phi) is 8.24. The second-order valence-electron chi connectivity index (χ2n) is 4.77. The van der Waals surface area contributed by atoms with Crippen molar-refractivity contribution in [3.63, 3.8) is 0 Å². The Labute approximate surface area is 118 Å². The fourth-order valence-corrected chi connectivity index (χ4v) is 3.20. The highest BCUT2D eigenvalue weighted by Gasteiger charge is 2.45. The summed E-state index contributed by atoms with van der Waals surface area (Å²) in [6.07, 6.45) is -0.0681. The number of hydrogen-bond donors (Lipinski definition) is 5. The molecule has 6 N–H and O–H groups in total. The number of unbranched alkanes of at least 4 members (excludes halogenated alkanes) is 3. The van der Waals surface area contributed by atoms with Crippen LogP contribution in [0, 0.1) is 0 Å². The minimum absolute atomic E-state index is 0.495. The molecule has 19 heavy (non-hydrogen) atoms. The number of thioether (sulfide) groups is 1. The van der Waals surface area contributed by atoms with Gasteiger partial charge in [-0.25, -0.2) is 0 Å². The van der Waals surface area contributed by atoms with Gasteiger partial charge in [0.25, 0.3) is 0 Å². The number of ether oxygens (including phenoxy) is 1. The Morgan fingerprint density at radius 3 is 2.42 bits per heavy atom. The van der Waals surface area contributed by atoms with Crippen molar-refractivity contribution < 1.29 is 25.2 Å². The van der Waals surface area contributed by atoms with E-state index in [-0.39, 0.29) is 0 Å². The number of aliphatic hydroxyl groups is 4. The van der Waals surface area contributed by atoms with E-state index in [1.807, 2.05) is 0 Å². The summed E-state index contributed by atoms with van der Waals surface area (Å²) >= 11 is 1.43. The molecule has 1 aliphatic rings. The van der Waals surface area contributed by atoms with Crippen molar-refractivity contribution in [2.45, 2.75) is 55.5 Å². The molecule has 0 saturated carbocycles. The van der Waals surface area contributed by atoms with Crippen LogP contribution in [-0.4, -0.2) is 69.2 Å². The van der Waals surface area contributed by atoms with Gasteiger partial charge in [-0.1, -0.05) is 12.8 Å². The normalized spacial score (nSPS) is 32.7. The van der Waals surface area contributed by atoms with Crippen LogP contribution in [0.15, 0.2) is 0 Å². The monoisotopic (exact) mass is 295 g/mol. The first-order valence-corrected chi connectivity index (χ1v) is 7.79. The van der Waals surface area contributed by atoms with E-state index < -0.39 is 36.5 Å². The van der Waals surface area contributed by atoms with Crippen LogP contribution >= 0.6 is 11.8 Å². The van der Waals surface area contributed by atoms with Crippen molar-refractivity contribution in [3.05, 3.63) is 0 Å². The minimum atomic E-state index is -1.17. The Bertz CT molecular complexity index is 246. The lowest BCUT2D eigenvalue weighted by Gasteiger charge is -2.18. The van der Waals surface area contributed by atoms with Gasteiger partial charge in [-0.05, 0) is 25.1 Å². The summed E-state index contributed by atoms with van der Waals surface area (Å²) in [7, 11) is 0. The predicted octanol–water partition coefficient (Wildman–Crippen LogP) is -0.961. The fourth-order valence-electron chi connectivity index (χ4n) is 2.03. The SMILES string of the molecule is NCCCCCCSC1O[C@H]([C@H](O)CO)[C@H](O)[C@@H]1O. The number of nitrogens with two attached hydrogens (primary N) is 1. The highest BCUT2D eigenvalue weighted by atomic mass is 32.2. The topological polar surface area (TPSA) is 116 Å². The van der Waals surface area contributed by atoms with E-state index in [0.717, 1.165) is 31.4 Å². The van der Waals surface area contributed by atoms with Crippen molar-refractivity contribution in [3.8, 4) is 0 Å². The van der Waals surface area contributed by atoms with Crippen LogP contribution in [0.4, 0.5) is 0 Å². The second-order valence-corrected chi connectivity index (χ2v) is 5.98. The van der Waals surface area contributed by atoms with E-state index in [0.29, 0.717) is 6.54 Å². The lowest BCUT2D eigenvalue weighted by molar-refractivity contribution is -0.0713. The average Bonchev–Trinajstić information content (AvgIpc) is 2.70. The molecule has 0 spiro atoms. The summed E-state index contributed by atoms with van der Waals surface area (Å²) in [5.41, 5.74) is 4.86. The van der Waals surface area contributed by atoms with Gasteiger partial charge in [-0.2, -0.15) is 0 Å². The summed E-state index contributed by atoms with van der Waals surface area (Å²) in [6.45, 7) is 0.218. The second kappa shape index (κ2) is 9.12. The molecule has 1 unspecified atom stereocenters. The van der Waals surface area contributed by atoms with Crippen LogP contribution in [-0.2, 0) is 4.74 Å². The van der Waals surface area contributed by atoms with Gasteiger partial charge in [0.1, 0.15) is 29.9 Å². The van der Waals surface area contributed by atoms with Crippen LogP contribution in [0.5, 0.6) is 0 Å². The standard InChI is InChI=1S/C12H25NO5S/c13-5-3-1-2-4-6-19-12-10(17)9(16)11(18-12)8(15)7-14/h8-12,14-17H,1-7,13H2/t8-,9-,10+,11-,12?/m1/s1. The third-order valence-electron chi connectivity index (χ3n) is 3.20. The van der Waals surface area contributed by atoms with E-state index in [1.165, 1.54) is 11.8 Å². The zero-order chi connectivity index (χ0) is 14.3. The Balaban J connectivity index is 2.23. The molecule has 7 heteroatoms. The van der Waals surface area contributed by atoms with Crippen molar-refractivity contribution >= 4 is 11.8 Å². The first-order valence-electron chi connectivity index (χ1n) is 6.74. The number of rotatable bonds is 9. The molecule has 0 aromatic rings. The molecule has 1 rings (SSSR count). The van der Waals surface area contributed by atoms with Crippen molar-refractivity contribution in [1.29, 1.82) is 0 Å². The maximum atomic E-state index is 9.81. The van der Waals surface area contributed by atoms with E-state index in [2.05, 4.69) is 0 Å². The summed E-state index contributed by atoms with van der Waals surface area (Å²) in [5.74, 6) is 0.820. The molecule has 114 valence electrons. The molecular formula is C12H25NO5S. The molecule has 1 saturated heterocycles. The molecular weight excluding hydrogens is 270 g/mol. The fraction of sp³-hybridized carbons (Fsp3) is 1.00. The van der Waals surface area contributed by atoms with Gasteiger partial charge in [-0.3, -0.25) is 0 Å². The molecule has 6 nitrogen and oxygen atoms in total. The summed E-state index contributed by atoms with van der Waals surface area (Å²) < 4.78 is 5.40. The molecule has 0 aliphatic carbocycles. The molecule has 0 aromatic heterocycles. The Hall–Kier alpha value is 0.110. The highest BCUT2D eigenvalue weighted by molar-refractivity contribution is 7.99. The van der Waals surface area contributed by atoms with Crippen LogP contribution in [0.25, 0.3) is 0 Å². The van der Waals surface area contributed by atoms with E-state index >= 15 is 0 Å². The predicted molar refractivity (Wildman–Crippen MR) is 73.7 cm³/mol. The molecule has 0 radical (unpaired) electrons. The maximum absolute atomic E-state index is 9.81. The first-order chi connectivity index (χ1) is 9.11. The smallest absolute Gasteiger partial charge is 0.132 e. The highest BCUT2D eigenvalue weighted by Crippen LogP contribution is 2.31. The quantitative estimate of drug-likeness (QED) is 0.348. The lowest BCUT2D eigenvalue weighted by Crippen LogP contribution is -2.40. The molecule has 0 bridgehead atoms. The third-order valence-corrected chi connectivity index (χ3v) is 4.45. The van der Waals surface area contributed by atoms with Gasteiger partial charge in [0, 0.05) is 0 Å². The molecule has 0 aromatic carbocycles. The summed E-state index contributed by atoms with van der Waals surface area (Å²) in [6, 6.07) is 0. The first kappa shape index (κ1) is 17.2. The van der Waals surface area contributed by atoms with Gasteiger partial charge in [0.15, 0.2) is 0 Å². The zero-order valence-electron chi connectivity index (χ0n) is 11.0. The summed E-state index contributed by atoms with van der Waals surface area (Å²) in [4.78, 5) is 0. The van der Waals surface area contributed by atoms with Crippen molar-refractivity contribution in [2.24, 2.45) is 5.73 Å². The zero-order valence-corrected chi connectivity index (χ0v) is 11.8. The van der Waals surface area contributed by atoms with Gasteiger partial charge < -0.3 is 30.9 Å². The van der Waals surface area contributed by atoms with Gasteiger partial charge in [0.2, 0.25) is 0 Å². The van der Waals surface area contributed by atoms with Gasteiger partial charge >= 0.3 is 0 Å². The van der Waals surface area contributed by atoms with Crippen LogP contribution < -0.4 is 5.73 Å². The van der Waals surface area contributed by atoms with Crippen molar-refractivity contribution in [2.75, 3.05) is 18.9 Å². The number of aliphatic hydroxyl groups excluding tert-OH is 4. The van der Waals surface area contributed by atoms with Crippen LogP contribution in [0.2, 0.25) is 0 Å². The molecule has 5 atom stereocenters. The molecule has 0 amide bonds. The minimum Gasteiger partial charge on any atom is -0.394 e. The molecule has 1 fully saturated rings. The van der Waals surface area contributed by atoms with Crippen molar-refractivity contribution in [1.82, 2.24) is 0 Å². The van der Waals surface area contributed by atoms with E-state index in [4.69, 9.17) is 15.6 Å². The van der Waals surface area contributed by atoms with Gasteiger partial charge in [0.05, 0.1) is 6.61 Å². The van der Waals surface area contributed by atoms with Crippen LogP contribution in [0.3, 0.4) is 0 Å². The molecule has 1 heterocycles. The van der Waals surface area contributed by atoms with Gasteiger partial charge in [-0.15, -0.1) is 11.8 Å². The Morgan fingerprint density at radius 1 is 1.11 bits per heavy atom. The average molecular weight is 295 g/mol. The lowest BCUT2D eigenvalue weighted by atomic mass is 10.1. The third kappa shape index (κ3) is 5.18. The summed E-state index contributed by atoms with van der Waals surface area (Å²) in [5, 5.41) is 37.8. The van der Waals surface area contributed by atoms with Crippen LogP contribution in [0.1, 0.15) is 25.7 Å².